The lowest BCUT2D eigenvalue weighted by Gasteiger charge is -2.07. The number of carbonyl (C=O) groups is 1. The number of rotatable bonds is 5. The molecule has 1 heterocycles. The molecule has 0 saturated heterocycles. The first-order chi connectivity index (χ1) is 11.0. The summed E-state index contributed by atoms with van der Waals surface area (Å²) in [6.45, 7) is 4.46. The number of hydrogen-bond acceptors (Lipinski definition) is 3. The van der Waals surface area contributed by atoms with E-state index in [2.05, 4.69) is 5.32 Å². The van der Waals surface area contributed by atoms with E-state index >= 15 is 0 Å². The number of aryl methyl sites for hydroxylation is 1. The number of nitriles is 1. The van der Waals surface area contributed by atoms with Crippen LogP contribution in [0, 0.1) is 18.3 Å². The van der Waals surface area contributed by atoms with Crippen LogP contribution in [0.15, 0.2) is 42.0 Å². The molecule has 1 amide bonds. The molecule has 2 aromatic rings. The Morgan fingerprint density at radius 2 is 2.00 bits per heavy atom. The molecule has 0 radical (unpaired) electrons. The number of ether oxygens (including phenoxy) is 1. The number of nitrogens with zero attached hydrogens (tertiary/aromatic N) is 2. The fourth-order valence-electron chi connectivity index (χ4n) is 2.07. The van der Waals surface area contributed by atoms with Crippen LogP contribution in [0.4, 0.5) is 5.69 Å². The van der Waals surface area contributed by atoms with Crippen LogP contribution in [0.5, 0.6) is 5.75 Å². The molecule has 1 aromatic carbocycles. The molecule has 0 aliphatic rings. The molecule has 0 aliphatic heterocycles. The van der Waals surface area contributed by atoms with Gasteiger partial charge in [0.05, 0.1) is 6.61 Å². The first-order valence-corrected chi connectivity index (χ1v) is 7.33. The van der Waals surface area contributed by atoms with Gasteiger partial charge in [-0.3, -0.25) is 4.79 Å². The molecule has 0 fully saturated rings. The van der Waals surface area contributed by atoms with E-state index in [1.165, 1.54) is 0 Å². The number of anilines is 1. The maximum Gasteiger partial charge on any atom is 0.266 e. The maximum absolute atomic E-state index is 12.2. The first kappa shape index (κ1) is 16.4. The molecule has 0 bridgehead atoms. The Kier molecular flexibility index (Phi) is 5.21. The van der Waals surface area contributed by atoms with E-state index in [0.717, 1.165) is 17.1 Å². The van der Waals surface area contributed by atoms with Crippen molar-refractivity contribution in [2.24, 2.45) is 7.05 Å². The Morgan fingerprint density at radius 1 is 1.30 bits per heavy atom. The molecular formula is C18H19N3O2. The van der Waals surface area contributed by atoms with Crippen LogP contribution in [0.3, 0.4) is 0 Å². The van der Waals surface area contributed by atoms with Gasteiger partial charge in [-0.25, -0.2) is 0 Å². The van der Waals surface area contributed by atoms with Gasteiger partial charge < -0.3 is 14.6 Å². The van der Waals surface area contributed by atoms with Gasteiger partial charge in [0.2, 0.25) is 0 Å². The van der Waals surface area contributed by atoms with Crippen molar-refractivity contribution < 1.29 is 9.53 Å². The molecule has 0 unspecified atom stereocenters. The van der Waals surface area contributed by atoms with Crippen molar-refractivity contribution in [3.05, 3.63) is 53.4 Å². The number of benzene rings is 1. The van der Waals surface area contributed by atoms with Crippen molar-refractivity contribution in [2.75, 3.05) is 11.9 Å². The fourth-order valence-corrected chi connectivity index (χ4v) is 2.07. The SMILES string of the molecule is CCOc1ccc(NC(=O)/C(C#N)=C\c2ccc(C)n2C)cc1. The summed E-state index contributed by atoms with van der Waals surface area (Å²) in [5.41, 5.74) is 2.53. The monoisotopic (exact) mass is 309 g/mol. The van der Waals surface area contributed by atoms with Gasteiger partial charge in [-0.2, -0.15) is 5.26 Å². The predicted molar refractivity (Wildman–Crippen MR) is 90.0 cm³/mol. The smallest absolute Gasteiger partial charge is 0.266 e. The molecule has 1 N–H and O–H groups in total. The van der Waals surface area contributed by atoms with E-state index in [4.69, 9.17) is 4.74 Å². The van der Waals surface area contributed by atoms with Crippen LogP contribution in [-0.2, 0) is 11.8 Å². The number of nitrogens with one attached hydrogen (secondary N) is 1. The molecule has 23 heavy (non-hydrogen) atoms. The largest absolute Gasteiger partial charge is 0.494 e. The second kappa shape index (κ2) is 7.32. The van der Waals surface area contributed by atoms with Gasteiger partial charge >= 0.3 is 0 Å². The highest BCUT2D eigenvalue weighted by Crippen LogP contribution is 2.17. The summed E-state index contributed by atoms with van der Waals surface area (Å²) in [6.07, 6.45) is 1.58. The topological polar surface area (TPSA) is 67.0 Å². The minimum Gasteiger partial charge on any atom is -0.494 e. The highest BCUT2D eigenvalue weighted by molar-refractivity contribution is 6.09. The van der Waals surface area contributed by atoms with Crippen LogP contribution in [0.1, 0.15) is 18.3 Å². The zero-order valence-electron chi connectivity index (χ0n) is 13.5. The average molecular weight is 309 g/mol. The van der Waals surface area contributed by atoms with E-state index in [9.17, 15) is 10.1 Å². The highest BCUT2D eigenvalue weighted by atomic mass is 16.5. The van der Waals surface area contributed by atoms with Crippen molar-refractivity contribution in [1.29, 1.82) is 5.26 Å². The van der Waals surface area contributed by atoms with Crippen molar-refractivity contribution in [2.45, 2.75) is 13.8 Å². The predicted octanol–water partition coefficient (Wildman–Crippen LogP) is 3.28. The lowest BCUT2D eigenvalue weighted by atomic mass is 10.2. The summed E-state index contributed by atoms with van der Waals surface area (Å²) >= 11 is 0. The van der Waals surface area contributed by atoms with E-state index < -0.39 is 5.91 Å². The molecule has 2 rings (SSSR count). The molecule has 0 aliphatic carbocycles. The third kappa shape index (κ3) is 4.01. The van der Waals surface area contributed by atoms with E-state index in [-0.39, 0.29) is 5.57 Å². The molecule has 1 aromatic heterocycles. The van der Waals surface area contributed by atoms with E-state index in [0.29, 0.717) is 12.3 Å². The van der Waals surface area contributed by atoms with Gasteiger partial charge in [0, 0.05) is 24.1 Å². The summed E-state index contributed by atoms with van der Waals surface area (Å²) in [5.74, 6) is 0.302. The third-order valence-electron chi connectivity index (χ3n) is 3.49. The van der Waals surface area contributed by atoms with Crippen LogP contribution >= 0.6 is 0 Å². The van der Waals surface area contributed by atoms with Gasteiger partial charge in [0.1, 0.15) is 17.4 Å². The van der Waals surface area contributed by atoms with Crippen molar-refractivity contribution in [3.8, 4) is 11.8 Å². The quantitative estimate of drug-likeness (QED) is 0.681. The van der Waals surface area contributed by atoms with Crippen LogP contribution in [-0.4, -0.2) is 17.1 Å². The number of amides is 1. The molecule has 5 nitrogen and oxygen atoms in total. The summed E-state index contributed by atoms with van der Waals surface area (Å²) in [4.78, 5) is 12.2. The van der Waals surface area contributed by atoms with Gasteiger partial charge in [-0.05, 0) is 56.3 Å². The van der Waals surface area contributed by atoms with E-state index in [1.54, 1.807) is 30.3 Å². The summed E-state index contributed by atoms with van der Waals surface area (Å²) in [5, 5.41) is 12.0. The number of carbonyl (C=O) groups excluding carboxylic acids is 1. The second-order valence-corrected chi connectivity index (χ2v) is 5.04. The van der Waals surface area contributed by atoms with Crippen LogP contribution in [0.25, 0.3) is 6.08 Å². The lowest BCUT2D eigenvalue weighted by Crippen LogP contribution is -2.13. The number of aromatic nitrogens is 1. The molecule has 5 heteroatoms. The Bertz CT molecular complexity index is 765. The van der Waals surface area contributed by atoms with Crippen molar-refractivity contribution in [3.63, 3.8) is 0 Å². The average Bonchev–Trinajstić information content (AvgIpc) is 2.86. The van der Waals surface area contributed by atoms with Crippen molar-refractivity contribution >= 4 is 17.7 Å². The first-order valence-electron chi connectivity index (χ1n) is 7.33. The summed E-state index contributed by atoms with van der Waals surface area (Å²) in [7, 11) is 1.89. The standard InChI is InChI=1S/C18H19N3O2/c1-4-23-17-9-6-15(7-10-17)20-18(22)14(12-19)11-16-8-5-13(2)21(16)3/h5-11H,4H2,1-3H3,(H,20,22)/b14-11-. The number of hydrogen-bond donors (Lipinski definition) is 1. The Morgan fingerprint density at radius 3 is 2.52 bits per heavy atom. The van der Waals surface area contributed by atoms with Crippen molar-refractivity contribution in [1.82, 2.24) is 4.57 Å². The normalized spacial score (nSPS) is 11.0. The van der Waals surface area contributed by atoms with Gasteiger partial charge in [-0.15, -0.1) is 0 Å². The summed E-state index contributed by atoms with van der Waals surface area (Å²) in [6, 6.07) is 12.8. The van der Waals surface area contributed by atoms with Gasteiger partial charge in [0.15, 0.2) is 0 Å². The molecule has 0 spiro atoms. The molecular weight excluding hydrogens is 290 g/mol. The Balaban J connectivity index is 2.14. The minimum atomic E-state index is -0.435. The lowest BCUT2D eigenvalue weighted by molar-refractivity contribution is -0.112. The second-order valence-electron chi connectivity index (χ2n) is 5.04. The molecule has 0 atom stereocenters. The third-order valence-corrected chi connectivity index (χ3v) is 3.49. The zero-order chi connectivity index (χ0) is 16.8. The molecule has 118 valence electrons. The summed E-state index contributed by atoms with van der Waals surface area (Å²) < 4.78 is 7.27. The maximum atomic E-state index is 12.2. The van der Waals surface area contributed by atoms with Crippen LogP contribution < -0.4 is 10.1 Å². The van der Waals surface area contributed by atoms with Gasteiger partial charge in [-0.1, -0.05) is 0 Å². The van der Waals surface area contributed by atoms with E-state index in [1.807, 2.05) is 43.7 Å². The fraction of sp³-hybridized carbons (Fsp3) is 0.222. The van der Waals surface area contributed by atoms with Crippen LogP contribution in [0.2, 0.25) is 0 Å². The minimum absolute atomic E-state index is 0.0556. The highest BCUT2D eigenvalue weighted by Gasteiger charge is 2.11. The Labute approximate surface area is 135 Å². The van der Waals surface area contributed by atoms with Gasteiger partial charge in [0.25, 0.3) is 5.91 Å². The zero-order valence-corrected chi connectivity index (χ0v) is 13.5. The molecule has 0 saturated carbocycles. The Hall–Kier alpha value is -3.00.